The van der Waals surface area contributed by atoms with Gasteiger partial charge in [-0.1, -0.05) is 72.0 Å². The number of hydrogen-bond acceptors (Lipinski definition) is 0. The number of hydrogen-bond donors (Lipinski definition) is 0. The maximum atomic E-state index is 6.13. The first-order valence-electron chi connectivity index (χ1n) is 10.5. The summed E-state index contributed by atoms with van der Waals surface area (Å²) in [5, 5.41) is 0. The fraction of sp³-hybridized carbons (Fsp3) is 0.833. The van der Waals surface area contributed by atoms with E-state index in [0.29, 0.717) is 11.8 Å². The molecule has 0 aromatic carbocycles. The molecule has 0 aromatic rings. The molecule has 1 saturated carbocycles. The van der Waals surface area contributed by atoms with Crippen molar-refractivity contribution < 1.29 is 0 Å². The van der Waals surface area contributed by atoms with Crippen molar-refractivity contribution in [2.45, 2.75) is 93.4 Å². The van der Waals surface area contributed by atoms with Crippen LogP contribution in [0.15, 0.2) is 11.6 Å². The second-order valence-corrected chi connectivity index (χ2v) is 8.92. The van der Waals surface area contributed by atoms with Crippen LogP contribution in [0.2, 0.25) is 0 Å². The van der Waals surface area contributed by atoms with Crippen molar-refractivity contribution in [2.24, 2.45) is 35.0 Å². The van der Waals surface area contributed by atoms with Gasteiger partial charge in [0.05, 0.1) is 0 Å². The summed E-state index contributed by atoms with van der Waals surface area (Å²) >= 11 is 0. The number of allylic oxidation sites excluding steroid dienone is 2. The highest BCUT2D eigenvalue weighted by atomic mass is 14.6. The van der Waals surface area contributed by atoms with E-state index in [4.69, 9.17) is 6.42 Å². The minimum Gasteiger partial charge on any atom is -0.120 e. The zero-order valence-electron chi connectivity index (χ0n) is 17.5. The van der Waals surface area contributed by atoms with Crippen LogP contribution in [0.25, 0.3) is 0 Å². The molecule has 0 aliphatic heterocycles. The Kier molecular flexibility index (Phi) is 8.62. The van der Waals surface area contributed by atoms with E-state index in [2.05, 4.69) is 60.5 Å². The molecule has 5 unspecified atom stereocenters. The molecule has 0 saturated heterocycles. The lowest BCUT2D eigenvalue weighted by atomic mass is 9.47. The fourth-order valence-corrected chi connectivity index (χ4v) is 5.07. The van der Waals surface area contributed by atoms with Crippen LogP contribution < -0.4 is 0 Å². The molecule has 1 aliphatic carbocycles. The highest BCUT2D eigenvalue weighted by molar-refractivity contribution is 5.19. The Balaban J connectivity index is 3.01. The lowest BCUT2D eigenvalue weighted by Gasteiger charge is -2.56. The van der Waals surface area contributed by atoms with E-state index in [1.807, 2.05) is 0 Å². The molecule has 0 amide bonds. The molecule has 1 rings (SSSR count). The third-order valence-corrected chi connectivity index (χ3v) is 6.59. The Hall–Kier alpha value is -0.700. The average molecular weight is 331 g/mol. The van der Waals surface area contributed by atoms with E-state index in [9.17, 15) is 0 Å². The maximum Gasteiger partial charge on any atom is 0.0348 e. The molecular formula is C24H42. The molecule has 0 aromatic heterocycles. The van der Waals surface area contributed by atoms with E-state index in [-0.39, 0.29) is 5.41 Å². The number of unbranched alkanes of at least 4 members (excludes halogenated alkanes) is 1. The van der Waals surface area contributed by atoms with Gasteiger partial charge in [-0.2, -0.15) is 0 Å². The SMILES string of the molecule is C#CC1(CCC(C)C)CC(C)C1C(CCC)C(C)C(C)=CCCC. The minimum atomic E-state index is 0.169. The topological polar surface area (TPSA) is 0 Å². The van der Waals surface area contributed by atoms with Crippen molar-refractivity contribution in [3.8, 4) is 12.3 Å². The molecule has 0 N–H and O–H groups in total. The summed E-state index contributed by atoms with van der Waals surface area (Å²) in [6.45, 7) is 16.5. The second kappa shape index (κ2) is 9.70. The van der Waals surface area contributed by atoms with Crippen molar-refractivity contribution in [1.82, 2.24) is 0 Å². The summed E-state index contributed by atoms with van der Waals surface area (Å²) in [5.74, 6) is 6.96. The van der Waals surface area contributed by atoms with Gasteiger partial charge >= 0.3 is 0 Å². The highest BCUT2D eigenvalue weighted by Crippen LogP contribution is 2.59. The Morgan fingerprint density at radius 1 is 1.21 bits per heavy atom. The smallest absolute Gasteiger partial charge is 0.0348 e. The van der Waals surface area contributed by atoms with Crippen LogP contribution in [0.5, 0.6) is 0 Å². The van der Waals surface area contributed by atoms with Crippen molar-refractivity contribution in [1.29, 1.82) is 0 Å². The van der Waals surface area contributed by atoms with Crippen LogP contribution in [0, 0.1) is 47.3 Å². The van der Waals surface area contributed by atoms with Crippen LogP contribution in [0.3, 0.4) is 0 Å². The van der Waals surface area contributed by atoms with Gasteiger partial charge in [-0.25, -0.2) is 0 Å². The first kappa shape index (κ1) is 21.3. The van der Waals surface area contributed by atoms with E-state index in [1.54, 1.807) is 5.57 Å². The van der Waals surface area contributed by atoms with Crippen LogP contribution in [-0.4, -0.2) is 0 Å². The monoisotopic (exact) mass is 330 g/mol. The summed E-state index contributed by atoms with van der Waals surface area (Å²) in [6, 6.07) is 0. The summed E-state index contributed by atoms with van der Waals surface area (Å²) in [5.41, 5.74) is 1.76. The van der Waals surface area contributed by atoms with Crippen molar-refractivity contribution >= 4 is 0 Å². The number of rotatable bonds is 10. The molecule has 5 atom stereocenters. The molecule has 0 spiro atoms. The first-order valence-corrected chi connectivity index (χ1v) is 10.5. The molecular weight excluding hydrogens is 288 g/mol. The Morgan fingerprint density at radius 2 is 1.88 bits per heavy atom. The van der Waals surface area contributed by atoms with Gasteiger partial charge in [-0.3, -0.25) is 0 Å². The van der Waals surface area contributed by atoms with E-state index >= 15 is 0 Å². The predicted octanol–water partition coefficient (Wildman–Crippen LogP) is 7.50. The zero-order chi connectivity index (χ0) is 18.3. The normalized spacial score (nSPS) is 29.9. The summed E-state index contributed by atoms with van der Waals surface area (Å²) in [6.07, 6.45) is 17.4. The Morgan fingerprint density at radius 3 is 2.33 bits per heavy atom. The average Bonchev–Trinajstić information content (AvgIpc) is 2.54. The van der Waals surface area contributed by atoms with Crippen molar-refractivity contribution in [2.75, 3.05) is 0 Å². The van der Waals surface area contributed by atoms with Gasteiger partial charge < -0.3 is 0 Å². The van der Waals surface area contributed by atoms with Crippen LogP contribution in [0.4, 0.5) is 0 Å². The Bertz CT molecular complexity index is 435. The molecule has 0 heterocycles. The number of terminal acetylenes is 1. The Labute approximate surface area is 152 Å². The van der Waals surface area contributed by atoms with Gasteiger partial charge in [0.1, 0.15) is 0 Å². The van der Waals surface area contributed by atoms with Crippen LogP contribution >= 0.6 is 0 Å². The second-order valence-electron chi connectivity index (χ2n) is 8.92. The van der Waals surface area contributed by atoms with Gasteiger partial charge in [0.25, 0.3) is 0 Å². The largest absolute Gasteiger partial charge is 0.120 e. The molecule has 138 valence electrons. The third kappa shape index (κ3) is 4.91. The van der Waals surface area contributed by atoms with Gasteiger partial charge in [-0.15, -0.1) is 6.42 Å². The van der Waals surface area contributed by atoms with Crippen molar-refractivity contribution in [3.05, 3.63) is 11.6 Å². The summed E-state index contributed by atoms with van der Waals surface area (Å²) < 4.78 is 0. The van der Waals surface area contributed by atoms with Crippen LogP contribution in [-0.2, 0) is 0 Å². The van der Waals surface area contributed by atoms with Crippen LogP contribution in [0.1, 0.15) is 93.4 Å². The third-order valence-electron chi connectivity index (χ3n) is 6.59. The van der Waals surface area contributed by atoms with Gasteiger partial charge in [0.2, 0.25) is 0 Å². The summed E-state index contributed by atoms with van der Waals surface area (Å²) in [4.78, 5) is 0. The van der Waals surface area contributed by atoms with E-state index in [1.165, 1.54) is 44.9 Å². The molecule has 0 nitrogen and oxygen atoms in total. The lowest BCUT2D eigenvalue weighted by molar-refractivity contribution is -0.0509. The van der Waals surface area contributed by atoms with E-state index in [0.717, 1.165) is 17.8 Å². The molecule has 0 radical (unpaired) electrons. The maximum absolute atomic E-state index is 6.13. The zero-order valence-corrected chi connectivity index (χ0v) is 17.5. The fourth-order valence-electron chi connectivity index (χ4n) is 5.07. The molecule has 24 heavy (non-hydrogen) atoms. The van der Waals surface area contributed by atoms with Gasteiger partial charge in [-0.05, 0) is 68.6 Å². The van der Waals surface area contributed by atoms with E-state index < -0.39 is 0 Å². The highest BCUT2D eigenvalue weighted by Gasteiger charge is 2.54. The molecule has 1 aliphatic rings. The predicted molar refractivity (Wildman–Crippen MR) is 109 cm³/mol. The summed E-state index contributed by atoms with van der Waals surface area (Å²) in [7, 11) is 0. The lowest BCUT2D eigenvalue weighted by Crippen LogP contribution is -2.51. The quantitative estimate of drug-likeness (QED) is 0.287. The van der Waals surface area contributed by atoms with Gasteiger partial charge in [0, 0.05) is 5.41 Å². The van der Waals surface area contributed by atoms with Gasteiger partial charge in [0.15, 0.2) is 0 Å². The van der Waals surface area contributed by atoms with Crippen molar-refractivity contribution in [3.63, 3.8) is 0 Å². The minimum absolute atomic E-state index is 0.169. The molecule has 1 fully saturated rings. The standard InChI is InChI=1S/C24H42/c1-9-12-14-19(6)21(8)22(13-10-2)23-20(7)17-24(23,11-3)16-15-18(4)5/h3,14,18,20-23H,9-10,12-13,15-17H2,1-2,4-8H3. The molecule has 0 bridgehead atoms. The molecule has 0 heteroatoms. The first-order chi connectivity index (χ1) is 11.3.